The maximum Gasteiger partial charge on any atom is 0.150 e. The number of Topliss-reactive ketones (excluding diaryl/α,β-unsaturated/α-hetero) is 1. The molecule has 0 fully saturated rings. The predicted octanol–water partition coefficient (Wildman–Crippen LogP) is 2.18. The van der Waals surface area contributed by atoms with Crippen molar-refractivity contribution in [3.8, 4) is 0 Å². The van der Waals surface area contributed by atoms with Gasteiger partial charge in [-0.25, -0.2) is 0 Å². The number of ketones is 1. The Balaban J connectivity index is 2.37. The van der Waals surface area contributed by atoms with E-state index in [0.717, 1.165) is 5.56 Å². The molecule has 0 radical (unpaired) electrons. The monoisotopic (exact) mass is 315 g/mol. The summed E-state index contributed by atoms with van der Waals surface area (Å²) in [6.45, 7) is 4.67. The number of halogens is 1. The Hall–Kier alpha value is -0.680. The summed E-state index contributed by atoms with van der Waals surface area (Å²) in [5.74, 6) is 0.207. The van der Waals surface area contributed by atoms with E-state index in [1.165, 1.54) is 3.57 Å². The highest BCUT2D eigenvalue weighted by Crippen LogP contribution is 2.07. The lowest BCUT2D eigenvalue weighted by Gasteiger charge is -2.02. The van der Waals surface area contributed by atoms with Gasteiger partial charge in [0.2, 0.25) is 0 Å². The van der Waals surface area contributed by atoms with Crippen molar-refractivity contribution in [1.29, 1.82) is 0 Å². The van der Waals surface area contributed by atoms with Crippen molar-refractivity contribution in [2.45, 2.75) is 6.42 Å². The molecule has 1 rings (SSSR count). The first kappa shape index (κ1) is 12.4. The highest BCUT2D eigenvalue weighted by atomic mass is 127. The van der Waals surface area contributed by atoms with Crippen molar-refractivity contribution in [3.63, 3.8) is 0 Å². The van der Waals surface area contributed by atoms with Crippen LogP contribution in [0.15, 0.2) is 36.9 Å². The summed E-state index contributed by atoms with van der Waals surface area (Å²) in [6, 6.07) is 8.01. The Labute approximate surface area is 104 Å². The van der Waals surface area contributed by atoms with Crippen molar-refractivity contribution >= 4 is 28.4 Å². The fourth-order valence-corrected chi connectivity index (χ4v) is 1.57. The second-order valence-electron chi connectivity index (χ2n) is 3.26. The van der Waals surface area contributed by atoms with E-state index in [-0.39, 0.29) is 5.78 Å². The number of carbonyl (C=O) groups excluding carboxylic acids is 1. The van der Waals surface area contributed by atoms with Gasteiger partial charge in [0, 0.05) is 16.5 Å². The van der Waals surface area contributed by atoms with Crippen molar-refractivity contribution in [2.24, 2.45) is 0 Å². The van der Waals surface area contributed by atoms with Crippen LogP contribution >= 0.6 is 22.6 Å². The summed E-state index contributed by atoms with van der Waals surface area (Å²) in [5, 5.41) is 3.00. The minimum atomic E-state index is 0.207. The molecule has 1 aromatic rings. The molecule has 3 heteroatoms. The summed E-state index contributed by atoms with van der Waals surface area (Å²) in [6.07, 6.45) is 2.25. The molecule has 0 aliphatic carbocycles. The summed E-state index contributed by atoms with van der Waals surface area (Å²) in [4.78, 5) is 11.5. The van der Waals surface area contributed by atoms with Crippen molar-refractivity contribution in [3.05, 3.63) is 46.1 Å². The Kier molecular flexibility index (Phi) is 5.57. The van der Waals surface area contributed by atoms with Crippen LogP contribution < -0.4 is 5.32 Å². The van der Waals surface area contributed by atoms with Gasteiger partial charge in [0.05, 0.1) is 6.54 Å². The second kappa shape index (κ2) is 6.74. The summed E-state index contributed by atoms with van der Waals surface area (Å²) in [7, 11) is 0. The highest BCUT2D eigenvalue weighted by Gasteiger charge is 2.02. The summed E-state index contributed by atoms with van der Waals surface area (Å²) >= 11 is 2.25. The van der Waals surface area contributed by atoms with E-state index in [2.05, 4.69) is 34.5 Å². The van der Waals surface area contributed by atoms with Crippen LogP contribution in [-0.2, 0) is 11.2 Å². The summed E-state index contributed by atoms with van der Waals surface area (Å²) in [5.41, 5.74) is 1.07. The normalized spacial score (nSPS) is 9.93. The number of rotatable bonds is 6. The molecule has 0 unspecified atom stereocenters. The Bertz CT molecular complexity index is 332. The molecule has 1 aromatic carbocycles. The van der Waals surface area contributed by atoms with E-state index < -0.39 is 0 Å². The minimum Gasteiger partial charge on any atom is -0.307 e. The molecule has 0 amide bonds. The van der Waals surface area contributed by atoms with Gasteiger partial charge in [0.1, 0.15) is 0 Å². The van der Waals surface area contributed by atoms with Gasteiger partial charge < -0.3 is 5.32 Å². The molecule has 0 bridgehead atoms. The molecule has 0 saturated carbocycles. The van der Waals surface area contributed by atoms with Gasteiger partial charge in [-0.05, 0) is 40.3 Å². The maximum atomic E-state index is 11.5. The first-order valence-corrected chi connectivity index (χ1v) is 5.88. The molecule has 0 heterocycles. The number of nitrogens with one attached hydrogen (secondary N) is 1. The Morgan fingerprint density at radius 3 is 2.67 bits per heavy atom. The standard InChI is InChI=1S/C12H14INO/c1-2-7-14-9-12(15)8-10-3-5-11(13)6-4-10/h2-6,14H,1,7-9H2. The fourth-order valence-electron chi connectivity index (χ4n) is 1.21. The van der Waals surface area contributed by atoms with E-state index in [1.54, 1.807) is 6.08 Å². The molecule has 80 valence electrons. The molecule has 0 aliphatic heterocycles. The average Bonchev–Trinajstić information content (AvgIpc) is 2.22. The summed E-state index contributed by atoms with van der Waals surface area (Å²) < 4.78 is 1.19. The third-order valence-corrected chi connectivity index (χ3v) is 2.64. The van der Waals surface area contributed by atoms with Crippen molar-refractivity contribution in [1.82, 2.24) is 5.32 Å². The number of carbonyl (C=O) groups is 1. The Morgan fingerprint density at radius 2 is 2.07 bits per heavy atom. The third kappa shape index (κ3) is 5.09. The molecule has 1 N–H and O–H groups in total. The third-order valence-electron chi connectivity index (χ3n) is 1.93. The fraction of sp³-hybridized carbons (Fsp3) is 0.250. The molecule has 0 atom stereocenters. The van der Waals surface area contributed by atoms with Crippen LogP contribution in [0.2, 0.25) is 0 Å². The van der Waals surface area contributed by atoms with Crippen LogP contribution in [0.5, 0.6) is 0 Å². The SMILES string of the molecule is C=CCNCC(=O)Cc1ccc(I)cc1. The topological polar surface area (TPSA) is 29.1 Å². The number of benzene rings is 1. The minimum absolute atomic E-state index is 0.207. The molecule has 15 heavy (non-hydrogen) atoms. The van der Waals surface area contributed by atoms with Crippen LogP contribution in [0.25, 0.3) is 0 Å². The zero-order chi connectivity index (χ0) is 11.1. The zero-order valence-corrected chi connectivity index (χ0v) is 10.7. The number of hydrogen-bond donors (Lipinski definition) is 1. The average molecular weight is 315 g/mol. The number of hydrogen-bond acceptors (Lipinski definition) is 2. The lowest BCUT2D eigenvalue weighted by atomic mass is 10.1. The van der Waals surface area contributed by atoms with Crippen LogP contribution in [0.4, 0.5) is 0 Å². The Morgan fingerprint density at radius 1 is 1.40 bits per heavy atom. The second-order valence-corrected chi connectivity index (χ2v) is 4.51. The van der Waals surface area contributed by atoms with Crippen LogP contribution in [0.3, 0.4) is 0 Å². The van der Waals surface area contributed by atoms with E-state index in [9.17, 15) is 4.79 Å². The van der Waals surface area contributed by atoms with Crippen LogP contribution in [0.1, 0.15) is 5.56 Å². The first-order chi connectivity index (χ1) is 7.22. The van der Waals surface area contributed by atoms with E-state index >= 15 is 0 Å². The lowest BCUT2D eigenvalue weighted by molar-refractivity contribution is -0.117. The van der Waals surface area contributed by atoms with Gasteiger partial charge in [0.15, 0.2) is 5.78 Å². The zero-order valence-electron chi connectivity index (χ0n) is 8.50. The van der Waals surface area contributed by atoms with E-state index in [4.69, 9.17) is 0 Å². The maximum absolute atomic E-state index is 11.5. The highest BCUT2D eigenvalue weighted by molar-refractivity contribution is 14.1. The van der Waals surface area contributed by atoms with Gasteiger partial charge in [0.25, 0.3) is 0 Å². The van der Waals surface area contributed by atoms with Gasteiger partial charge in [-0.3, -0.25) is 4.79 Å². The van der Waals surface area contributed by atoms with Crippen LogP contribution in [0, 0.1) is 3.57 Å². The largest absolute Gasteiger partial charge is 0.307 e. The van der Waals surface area contributed by atoms with E-state index in [1.807, 2.05) is 24.3 Å². The first-order valence-electron chi connectivity index (χ1n) is 4.80. The van der Waals surface area contributed by atoms with Gasteiger partial charge in [-0.2, -0.15) is 0 Å². The van der Waals surface area contributed by atoms with Gasteiger partial charge in [-0.15, -0.1) is 6.58 Å². The molecule has 0 spiro atoms. The molecular weight excluding hydrogens is 301 g/mol. The van der Waals surface area contributed by atoms with Crippen molar-refractivity contribution < 1.29 is 4.79 Å². The molecular formula is C12H14INO. The molecule has 0 saturated heterocycles. The molecule has 0 aliphatic rings. The molecule has 2 nitrogen and oxygen atoms in total. The quantitative estimate of drug-likeness (QED) is 0.495. The van der Waals surface area contributed by atoms with Gasteiger partial charge >= 0.3 is 0 Å². The van der Waals surface area contributed by atoms with Crippen molar-refractivity contribution in [2.75, 3.05) is 13.1 Å². The van der Waals surface area contributed by atoms with Crippen LogP contribution in [-0.4, -0.2) is 18.9 Å². The predicted molar refractivity (Wildman–Crippen MR) is 70.9 cm³/mol. The lowest BCUT2D eigenvalue weighted by Crippen LogP contribution is -2.24. The van der Waals surface area contributed by atoms with Gasteiger partial charge in [-0.1, -0.05) is 18.2 Å². The molecule has 0 aromatic heterocycles. The van der Waals surface area contributed by atoms with E-state index in [0.29, 0.717) is 19.5 Å². The smallest absolute Gasteiger partial charge is 0.150 e.